The van der Waals surface area contributed by atoms with E-state index in [4.69, 9.17) is 20.5 Å². The van der Waals surface area contributed by atoms with E-state index in [1.807, 2.05) is 26.0 Å². The van der Waals surface area contributed by atoms with Crippen molar-refractivity contribution >= 4 is 17.6 Å². The molecule has 0 aliphatic heterocycles. The quantitative estimate of drug-likeness (QED) is 0.708. The fourth-order valence-corrected chi connectivity index (χ4v) is 2.52. The Morgan fingerprint density at radius 3 is 2.48 bits per heavy atom. The predicted molar refractivity (Wildman–Crippen MR) is 101 cm³/mol. The number of aromatic nitrogens is 3. The van der Waals surface area contributed by atoms with E-state index < -0.39 is 0 Å². The molecule has 3 aromatic rings. The van der Waals surface area contributed by atoms with Crippen molar-refractivity contribution in [3.05, 3.63) is 53.1 Å². The molecule has 27 heavy (non-hydrogen) atoms. The van der Waals surface area contributed by atoms with Crippen LogP contribution >= 0.6 is 0 Å². The molecule has 8 heteroatoms. The highest BCUT2D eigenvalue weighted by molar-refractivity contribution is 5.56. The van der Waals surface area contributed by atoms with Crippen molar-refractivity contribution in [2.24, 2.45) is 0 Å². The van der Waals surface area contributed by atoms with E-state index in [0.29, 0.717) is 22.7 Å². The van der Waals surface area contributed by atoms with Crippen molar-refractivity contribution in [3.63, 3.8) is 0 Å². The summed E-state index contributed by atoms with van der Waals surface area (Å²) >= 11 is 0. The molecule has 3 rings (SSSR count). The van der Waals surface area contributed by atoms with Gasteiger partial charge in [-0.1, -0.05) is 6.07 Å². The number of hydrogen-bond donors (Lipinski definition) is 2. The second-order valence-corrected chi connectivity index (χ2v) is 5.83. The number of hydrogen-bond acceptors (Lipinski definition) is 8. The summed E-state index contributed by atoms with van der Waals surface area (Å²) in [5.74, 6) is 1.33. The van der Waals surface area contributed by atoms with Gasteiger partial charge < -0.3 is 20.5 Å². The van der Waals surface area contributed by atoms with E-state index in [0.717, 1.165) is 11.1 Å². The average Bonchev–Trinajstić information content (AvgIpc) is 2.64. The third kappa shape index (κ3) is 4.22. The van der Waals surface area contributed by atoms with E-state index >= 15 is 0 Å². The van der Waals surface area contributed by atoms with Crippen LogP contribution in [0.25, 0.3) is 0 Å². The van der Waals surface area contributed by atoms with Gasteiger partial charge in [0.2, 0.25) is 11.9 Å². The molecule has 2 aromatic carbocycles. The Morgan fingerprint density at radius 2 is 1.81 bits per heavy atom. The molecule has 0 spiro atoms. The standard InChI is InChI=1S/C19H18N6O2/c1-11-8-12(2)16(15(9-11)26-3)27-19-24-17(21)23-18(25-19)22-14-6-4-13(10-20)5-7-14/h4-9H,1-3H3,(H3,21,22,23,24,25). The molecular formula is C19H18N6O2. The normalized spacial score (nSPS) is 10.1. The first kappa shape index (κ1) is 17.9. The highest BCUT2D eigenvalue weighted by atomic mass is 16.5. The minimum absolute atomic E-state index is 0.0138. The Kier molecular flexibility index (Phi) is 5.04. The zero-order valence-corrected chi connectivity index (χ0v) is 15.1. The Labute approximate surface area is 156 Å². The second kappa shape index (κ2) is 7.58. The van der Waals surface area contributed by atoms with Crippen molar-refractivity contribution in [1.82, 2.24) is 15.0 Å². The summed E-state index contributed by atoms with van der Waals surface area (Å²) in [5.41, 5.74) is 8.98. The number of anilines is 3. The lowest BCUT2D eigenvalue weighted by molar-refractivity contribution is 0.366. The van der Waals surface area contributed by atoms with Gasteiger partial charge in [0.15, 0.2) is 11.5 Å². The molecule has 0 atom stereocenters. The Morgan fingerprint density at radius 1 is 1.07 bits per heavy atom. The number of nitrogens with one attached hydrogen (secondary N) is 1. The van der Waals surface area contributed by atoms with E-state index in [-0.39, 0.29) is 17.9 Å². The summed E-state index contributed by atoms with van der Waals surface area (Å²) in [6.45, 7) is 3.88. The van der Waals surface area contributed by atoms with Gasteiger partial charge >= 0.3 is 6.01 Å². The lowest BCUT2D eigenvalue weighted by Crippen LogP contribution is -2.06. The van der Waals surface area contributed by atoms with Crippen molar-refractivity contribution < 1.29 is 9.47 Å². The topological polar surface area (TPSA) is 119 Å². The molecule has 8 nitrogen and oxygen atoms in total. The summed E-state index contributed by atoms with van der Waals surface area (Å²) in [7, 11) is 1.57. The molecule has 0 unspecified atom stereocenters. The van der Waals surface area contributed by atoms with Crippen LogP contribution in [-0.2, 0) is 0 Å². The van der Waals surface area contributed by atoms with Gasteiger partial charge in [-0.15, -0.1) is 0 Å². The summed E-state index contributed by atoms with van der Waals surface area (Å²) in [4.78, 5) is 12.3. The largest absolute Gasteiger partial charge is 0.493 e. The number of rotatable bonds is 5. The molecule has 1 heterocycles. The van der Waals surface area contributed by atoms with Crippen LogP contribution in [0.4, 0.5) is 17.6 Å². The van der Waals surface area contributed by atoms with E-state index in [9.17, 15) is 0 Å². The summed E-state index contributed by atoms with van der Waals surface area (Å²) in [6.07, 6.45) is 0. The van der Waals surface area contributed by atoms with Gasteiger partial charge in [0, 0.05) is 5.69 Å². The van der Waals surface area contributed by atoms with Crippen LogP contribution in [0.5, 0.6) is 17.5 Å². The molecular weight excluding hydrogens is 344 g/mol. The molecule has 3 N–H and O–H groups in total. The number of nitrogens with two attached hydrogens (primary N) is 1. The number of ether oxygens (including phenoxy) is 2. The molecule has 0 saturated carbocycles. The lowest BCUT2D eigenvalue weighted by Gasteiger charge is -2.13. The molecule has 0 bridgehead atoms. The maximum Gasteiger partial charge on any atom is 0.328 e. The fourth-order valence-electron chi connectivity index (χ4n) is 2.52. The molecule has 0 aliphatic carbocycles. The minimum atomic E-state index is 0.0138. The number of methoxy groups -OCH3 is 1. The minimum Gasteiger partial charge on any atom is -0.493 e. The van der Waals surface area contributed by atoms with E-state index in [1.165, 1.54) is 0 Å². The Bertz CT molecular complexity index is 1010. The number of nitrogen functional groups attached to an aromatic ring is 1. The van der Waals surface area contributed by atoms with E-state index in [1.54, 1.807) is 31.4 Å². The van der Waals surface area contributed by atoms with Gasteiger partial charge in [-0.25, -0.2) is 0 Å². The highest BCUT2D eigenvalue weighted by Gasteiger charge is 2.14. The molecule has 0 radical (unpaired) electrons. The Hall–Kier alpha value is -3.86. The lowest BCUT2D eigenvalue weighted by atomic mass is 10.1. The smallest absolute Gasteiger partial charge is 0.328 e. The van der Waals surface area contributed by atoms with Crippen LogP contribution in [0.15, 0.2) is 36.4 Å². The number of benzene rings is 2. The maximum atomic E-state index is 8.87. The molecule has 0 amide bonds. The van der Waals surface area contributed by atoms with Crippen LogP contribution < -0.4 is 20.5 Å². The molecule has 0 fully saturated rings. The third-order valence-corrected chi connectivity index (χ3v) is 3.70. The van der Waals surface area contributed by atoms with Crippen molar-refractivity contribution in [1.29, 1.82) is 5.26 Å². The monoisotopic (exact) mass is 362 g/mol. The number of aryl methyl sites for hydroxylation is 2. The van der Waals surface area contributed by atoms with Gasteiger partial charge in [0.1, 0.15) is 0 Å². The van der Waals surface area contributed by atoms with Gasteiger partial charge in [-0.2, -0.15) is 20.2 Å². The van der Waals surface area contributed by atoms with Crippen LogP contribution in [0.1, 0.15) is 16.7 Å². The molecule has 0 saturated heterocycles. The van der Waals surface area contributed by atoms with Crippen LogP contribution in [-0.4, -0.2) is 22.1 Å². The van der Waals surface area contributed by atoms with Crippen LogP contribution in [0, 0.1) is 25.2 Å². The first-order valence-electron chi connectivity index (χ1n) is 8.10. The molecule has 1 aromatic heterocycles. The molecule has 136 valence electrons. The van der Waals surface area contributed by atoms with Crippen molar-refractivity contribution in [2.45, 2.75) is 13.8 Å². The van der Waals surface area contributed by atoms with E-state index in [2.05, 4.69) is 26.3 Å². The fraction of sp³-hybridized carbons (Fsp3) is 0.158. The summed E-state index contributed by atoms with van der Waals surface area (Å²) in [5, 5.41) is 11.9. The number of nitriles is 1. The summed E-state index contributed by atoms with van der Waals surface area (Å²) < 4.78 is 11.2. The second-order valence-electron chi connectivity index (χ2n) is 5.83. The van der Waals surface area contributed by atoms with Gasteiger partial charge in [0.25, 0.3) is 0 Å². The zero-order valence-electron chi connectivity index (χ0n) is 15.1. The van der Waals surface area contributed by atoms with Crippen LogP contribution in [0.3, 0.4) is 0 Å². The predicted octanol–water partition coefficient (Wildman–Crippen LogP) is 3.49. The Balaban J connectivity index is 1.89. The number of nitrogens with zero attached hydrogens (tertiary/aromatic N) is 4. The maximum absolute atomic E-state index is 8.87. The average molecular weight is 362 g/mol. The van der Waals surface area contributed by atoms with Crippen LogP contribution in [0.2, 0.25) is 0 Å². The van der Waals surface area contributed by atoms with Gasteiger partial charge in [-0.05, 0) is 55.3 Å². The summed E-state index contributed by atoms with van der Waals surface area (Å²) in [6, 6.07) is 12.8. The SMILES string of the molecule is COc1cc(C)cc(C)c1Oc1nc(N)nc(Nc2ccc(C#N)cc2)n1. The van der Waals surface area contributed by atoms with Crippen molar-refractivity contribution in [3.8, 4) is 23.6 Å². The highest BCUT2D eigenvalue weighted by Crippen LogP contribution is 2.35. The van der Waals surface area contributed by atoms with Gasteiger partial charge in [-0.3, -0.25) is 0 Å². The first-order valence-corrected chi connectivity index (χ1v) is 8.10. The van der Waals surface area contributed by atoms with Gasteiger partial charge in [0.05, 0.1) is 18.7 Å². The third-order valence-electron chi connectivity index (χ3n) is 3.70. The van der Waals surface area contributed by atoms with Crippen molar-refractivity contribution in [2.75, 3.05) is 18.2 Å². The first-order chi connectivity index (χ1) is 13.0. The molecule has 0 aliphatic rings. The zero-order chi connectivity index (χ0) is 19.4.